The molecule has 0 saturated carbocycles. The third kappa shape index (κ3) is 4.71. The van der Waals surface area contributed by atoms with Gasteiger partial charge in [0.1, 0.15) is 0 Å². The molecule has 1 aromatic carbocycles. The summed E-state index contributed by atoms with van der Waals surface area (Å²) in [4.78, 5) is 16.5. The van der Waals surface area contributed by atoms with E-state index < -0.39 is 0 Å². The van der Waals surface area contributed by atoms with Gasteiger partial charge in [-0.2, -0.15) is 0 Å². The fourth-order valence-electron chi connectivity index (χ4n) is 2.08. The highest BCUT2D eigenvalue weighted by Crippen LogP contribution is 2.22. The van der Waals surface area contributed by atoms with Crippen molar-refractivity contribution in [1.29, 1.82) is 0 Å². The minimum Gasteiger partial charge on any atom is -0.429 e. The van der Waals surface area contributed by atoms with Crippen molar-refractivity contribution in [1.82, 2.24) is 4.73 Å². The third-order valence-electron chi connectivity index (χ3n) is 3.40. The standard InChI is InChI=1S/C18H23N3O2/c1-13-15(6-5-7-16(13)19-12-18(2,3)4)17(22)20-14-8-10-21(23)11-9-14/h5-11,19,23H,12H2,1-4H3. The second-order valence-corrected chi connectivity index (χ2v) is 6.75. The SMILES string of the molecule is Cc1c(NCC(C)(C)C)cccc1C(=O)N=c1ccn(O)cc1. The molecule has 2 rings (SSSR count). The molecule has 1 aromatic heterocycles. The molecular formula is C18H23N3O2. The maximum absolute atomic E-state index is 12.4. The zero-order valence-electron chi connectivity index (χ0n) is 14.0. The highest BCUT2D eigenvalue weighted by molar-refractivity contribution is 5.97. The number of pyridine rings is 1. The first-order valence-corrected chi connectivity index (χ1v) is 7.56. The van der Waals surface area contributed by atoms with E-state index in [1.807, 2.05) is 19.1 Å². The Balaban J connectivity index is 2.27. The summed E-state index contributed by atoms with van der Waals surface area (Å²) < 4.78 is 0.909. The number of benzene rings is 1. The van der Waals surface area contributed by atoms with Gasteiger partial charge in [-0.05, 0) is 42.2 Å². The summed E-state index contributed by atoms with van der Waals surface area (Å²) in [6.45, 7) is 9.20. The van der Waals surface area contributed by atoms with Crippen molar-refractivity contribution in [2.45, 2.75) is 27.7 Å². The molecule has 5 nitrogen and oxygen atoms in total. The van der Waals surface area contributed by atoms with Gasteiger partial charge < -0.3 is 10.5 Å². The van der Waals surface area contributed by atoms with Crippen LogP contribution in [-0.2, 0) is 0 Å². The van der Waals surface area contributed by atoms with Crippen molar-refractivity contribution < 1.29 is 10.0 Å². The van der Waals surface area contributed by atoms with Crippen molar-refractivity contribution in [3.05, 3.63) is 59.2 Å². The Kier molecular flexibility index (Phi) is 4.89. The highest BCUT2D eigenvalue weighted by Gasteiger charge is 2.13. The molecule has 0 saturated heterocycles. The number of aromatic nitrogens is 1. The second-order valence-electron chi connectivity index (χ2n) is 6.75. The molecule has 0 spiro atoms. The molecule has 23 heavy (non-hydrogen) atoms. The quantitative estimate of drug-likeness (QED) is 0.855. The van der Waals surface area contributed by atoms with Gasteiger partial charge in [-0.1, -0.05) is 26.8 Å². The highest BCUT2D eigenvalue weighted by atomic mass is 16.5. The number of nitrogens with zero attached hydrogens (tertiary/aromatic N) is 2. The van der Waals surface area contributed by atoms with Crippen molar-refractivity contribution >= 4 is 11.6 Å². The number of rotatable bonds is 3. The van der Waals surface area contributed by atoms with E-state index in [9.17, 15) is 10.0 Å². The summed E-state index contributed by atoms with van der Waals surface area (Å²) >= 11 is 0. The van der Waals surface area contributed by atoms with E-state index >= 15 is 0 Å². The van der Waals surface area contributed by atoms with Gasteiger partial charge in [-0.15, -0.1) is 0 Å². The Morgan fingerprint density at radius 2 is 1.87 bits per heavy atom. The summed E-state index contributed by atoms with van der Waals surface area (Å²) in [6, 6.07) is 8.75. The van der Waals surface area contributed by atoms with Gasteiger partial charge in [0.2, 0.25) is 0 Å². The minimum absolute atomic E-state index is 0.153. The Bertz CT molecular complexity index is 750. The van der Waals surface area contributed by atoms with E-state index in [0.29, 0.717) is 10.9 Å². The lowest BCUT2D eigenvalue weighted by Gasteiger charge is -2.21. The number of anilines is 1. The molecule has 0 radical (unpaired) electrons. The van der Waals surface area contributed by atoms with Crippen LogP contribution in [0, 0.1) is 12.3 Å². The molecule has 0 bridgehead atoms. The molecule has 0 aliphatic carbocycles. The van der Waals surface area contributed by atoms with Crippen LogP contribution in [0.1, 0.15) is 36.7 Å². The van der Waals surface area contributed by atoms with Crippen LogP contribution in [0.15, 0.2) is 47.7 Å². The average molecular weight is 313 g/mol. The van der Waals surface area contributed by atoms with Crippen molar-refractivity contribution in [2.24, 2.45) is 10.4 Å². The molecule has 0 atom stereocenters. The monoisotopic (exact) mass is 313 g/mol. The Morgan fingerprint density at radius 1 is 1.22 bits per heavy atom. The fourth-order valence-corrected chi connectivity index (χ4v) is 2.08. The van der Waals surface area contributed by atoms with Crippen LogP contribution in [0.2, 0.25) is 0 Å². The normalized spacial score (nSPS) is 11.1. The maximum atomic E-state index is 12.4. The summed E-state index contributed by atoms with van der Waals surface area (Å²) in [5.41, 5.74) is 2.56. The lowest BCUT2D eigenvalue weighted by Crippen LogP contribution is -2.20. The lowest BCUT2D eigenvalue weighted by molar-refractivity contribution is 0.0997. The number of amides is 1. The molecule has 0 unspecified atom stereocenters. The molecule has 0 aliphatic rings. The zero-order valence-corrected chi connectivity index (χ0v) is 14.0. The van der Waals surface area contributed by atoms with Crippen LogP contribution >= 0.6 is 0 Å². The molecule has 2 aromatic rings. The van der Waals surface area contributed by atoms with E-state index in [0.717, 1.165) is 22.5 Å². The molecule has 0 fully saturated rings. The van der Waals surface area contributed by atoms with Crippen molar-refractivity contribution in [3.63, 3.8) is 0 Å². The first-order chi connectivity index (χ1) is 10.8. The van der Waals surface area contributed by atoms with Gasteiger partial charge in [0, 0.05) is 30.2 Å². The van der Waals surface area contributed by atoms with Crippen LogP contribution in [0.5, 0.6) is 0 Å². The molecular weight excluding hydrogens is 290 g/mol. The summed E-state index contributed by atoms with van der Waals surface area (Å²) in [5.74, 6) is -0.294. The number of hydrogen-bond acceptors (Lipinski definition) is 3. The topological polar surface area (TPSA) is 66.6 Å². The van der Waals surface area contributed by atoms with Crippen LogP contribution in [-0.4, -0.2) is 22.4 Å². The van der Waals surface area contributed by atoms with Gasteiger partial charge in [0.15, 0.2) is 0 Å². The number of nitrogens with one attached hydrogen (secondary N) is 1. The third-order valence-corrected chi connectivity index (χ3v) is 3.40. The van der Waals surface area contributed by atoms with E-state index in [1.165, 1.54) is 12.4 Å². The van der Waals surface area contributed by atoms with E-state index in [4.69, 9.17) is 0 Å². The lowest BCUT2D eigenvalue weighted by atomic mass is 9.96. The Hall–Kier alpha value is -2.56. The molecule has 1 amide bonds. The summed E-state index contributed by atoms with van der Waals surface area (Å²) in [5, 5.41) is 13.1. The Morgan fingerprint density at radius 3 is 2.48 bits per heavy atom. The van der Waals surface area contributed by atoms with Gasteiger partial charge in [0.25, 0.3) is 5.91 Å². The molecule has 122 valence electrons. The predicted octanol–water partition coefficient (Wildman–Crippen LogP) is 3.23. The molecule has 0 aliphatic heterocycles. The first-order valence-electron chi connectivity index (χ1n) is 7.56. The fraction of sp³-hybridized carbons (Fsp3) is 0.333. The molecule has 2 N–H and O–H groups in total. The van der Waals surface area contributed by atoms with E-state index in [-0.39, 0.29) is 11.3 Å². The van der Waals surface area contributed by atoms with Gasteiger partial charge in [0.05, 0.1) is 5.36 Å². The van der Waals surface area contributed by atoms with Crippen LogP contribution in [0.3, 0.4) is 0 Å². The number of carbonyl (C=O) groups is 1. The molecule has 5 heteroatoms. The van der Waals surface area contributed by atoms with Gasteiger partial charge >= 0.3 is 0 Å². The van der Waals surface area contributed by atoms with Crippen LogP contribution in [0.4, 0.5) is 5.69 Å². The van der Waals surface area contributed by atoms with Crippen molar-refractivity contribution in [3.8, 4) is 0 Å². The van der Waals surface area contributed by atoms with Crippen LogP contribution in [0.25, 0.3) is 0 Å². The van der Waals surface area contributed by atoms with Crippen LogP contribution < -0.4 is 10.7 Å². The smallest absolute Gasteiger partial charge is 0.277 e. The summed E-state index contributed by atoms with van der Waals surface area (Å²) in [6.07, 6.45) is 2.86. The summed E-state index contributed by atoms with van der Waals surface area (Å²) in [7, 11) is 0. The average Bonchev–Trinajstić information content (AvgIpc) is 2.47. The first kappa shape index (κ1) is 16.8. The van der Waals surface area contributed by atoms with Gasteiger partial charge in [-0.3, -0.25) is 4.79 Å². The maximum Gasteiger partial charge on any atom is 0.277 e. The van der Waals surface area contributed by atoms with Crippen molar-refractivity contribution in [2.75, 3.05) is 11.9 Å². The van der Waals surface area contributed by atoms with E-state index in [2.05, 4.69) is 31.1 Å². The zero-order chi connectivity index (χ0) is 17.0. The second kappa shape index (κ2) is 6.69. The molecule has 1 heterocycles. The predicted molar refractivity (Wildman–Crippen MR) is 90.6 cm³/mol. The van der Waals surface area contributed by atoms with E-state index in [1.54, 1.807) is 18.2 Å². The minimum atomic E-state index is -0.294. The Labute approximate surface area is 136 Å². The number of hydrogen-bond donors (Lipinski definition) is 2. The largest absolute Gasteiger partial charge is 0.429 e. The number of carbonyl (C=O) groups excluding carboxylic acids is 1. The van der Waals surface area contributed by atoms with Gasteiger partial charge in [-0.25, -0.2) is 9.72 Å².